The van der Waals surface area contributed by atoms with Crippen molar-refractivity contribution in [2.75, 3.05) is 6.54 Å². The number of amides is 7. The average Bonchev–Trinajstić information content (AvgIpc) is 3.88. The summed E-state index contributed by atoms with van der Waals surface area (Å²) in [5.74, 6) is -5.08. The molecule has 0 aliphatic rings. The van der Waals surface area contributed by atoms with Crippen molar-refractivity contribution in [1.82, 2.24) is 41.9 Å². The molecule has 0 aliphatic heterocycles. The lowest BCUT2D eigenvalue weighted by Crippen LogP contribution is -2.61. The monoisotopic (exact) mass is 927 g/mol. The largest absolute Gasteiger partial charge is 0.370 e. The molecule has 67 heavy (non-hydrogen) atoms. The molecule has 19 heteroatoms. The molecule has 14 N–H and O–H groups in total. The number of aromatic nitrogens is 2. The highest BCUT2D eigenvalue weighted by Gasteiger charge is 2.35. The Morgan fingerprint density at radius 3 is 1.52 bits per heavy atom. The molecule has 2 aromatic carbocycles. The first-order chi connectivity index (χ1) is 31.8. The van der Waals surface area contributed by atoms with Gasteiger partial charge in [-0.15, -0.1) is 0 Å². The quantitative estimate of drug-likeness (QED) is 0.0249. The predicted octanol–water partition coefficient (Wildman–Crippen LogP) is 2.04. The Balaban J connectivity index is 1.60. The van der Waals surface area contributed by atoms with Crippen LogP contribution in [0, 0.1) is 17.8 Å². The van der Waals surface area contributed by atoms with Crippen LogP contribution in [0.2, 0.25) is 0 Å². The third kappa shape index (κ3) is 15.9. The smallest absolute Gasteiger partial charge is 0.243 e. The van der Waals surface area contributed by atoms with Crippen molar-refractivity contribution in [2.45, 2.75) is 130 Å². The highest BCUT2D eigenvalue weighted by atomic mass is 16.2. The Bertz CT molecular complexity index is 2370. The van der Waals surface area contributed by atoms with Crippen LogP contribution in [0.5, 0.6) is 0 Å². The molecule has 4 rings (SSSR count). The van der Waals surface area contributed by atoms with Crippen molar-refractivity contribution >= 4 is 69.1 Å². The molecule has 0 bridgehead atoms. The zero-order chi connectivity index (χ0) is 49.4. The lowest BCUT2D eigenvalue weighted by molar-refractivity contribution is -0.136. The van der Waals surface area contributed by atoms with Gasteiger partial charge < -0.3 is 59.1 Å². The standard InChI is InChI=1S/C48H70N12O7/c1-8-28(6)41(47(67)59-39(21-27(4)5)45(65)57-37(42(49)62)22-30-24-53-34-16-11-9-14-32(30)34)60-43(63)36(18-13-19-52-48(50)51)56-46(66)40(23-31-25-54-35-17-12-10-15-33(31)35)58-44(64)38(20-26(2)3)55-29(7)61/h9-12,14-17,24-28,36-41,53-54H,8,13,18-23H2,1-7H3,(H2,49,62)(H,55,61)(H,56,66)(H,57,65)(H,58,64)(H,59,67)(H,60,63)(H4,50,51,52)/t28-,36+,37+,38+,39+,40+,41+/m0/s1. The molecule has 0 saturated carbocycles. The lowest BCUT2D eigenvalue weighted by Gasteiger charge is -2.30. The number of carbonyl (C=O) groups excluding carboxylic acids is 7. The first-order valence-electron chi connectivity index (χ1n) is 23.0. The number of H-pyrrole nitrogens is 2. The van der Waals surface area contributed by atoms with Gasteiger partial charge in [0.2, 0.25) is 41.4 Å². The van der Waals surface area contributed by atoms with E-state index in [1.54, 1.807) is 19.3 Å². The Morgan fingerprint density at radius 1 is 0.582 bits per heavy atom. The highest BCUT2D eigenvalue weighted by molar-refractivity contribution is 5.98. The maximum atomic E-state index is 14.5. The molecule has 0 aliphatic carbocycles. The van der Waals surface area contributed by atoms with Gasteiger partial charge in [0.05, 0.1) is 0 Å². The number of aliphatic imine (C=N–C) groups is 1. The van der Waals surface area contributed by atoms with Gasteiger partial charge in [0.1, 0.15) is 36.3 Å². The second-order valence-corrected chi connectivity index (χ2v) is 18.1. The number of benzene rings is 2. The summed E-state index contributed by atoms with van der Waals surface area (Å²) in [6.07, 6.45) is 4.85. The summed E-state index contributed by atoms with van der Waals surface area (Å²) in [7, 11) is 0. The van der Waals surface area contributed by atoms with Gasteiger partial charge in [-0.2, -0.15) is 0 Å². The maximum Gasteiger partial charge on any atom is 0.243 e. The summed E-state index contributed by atoms with van der Waals surface area (Å²) in [4.78, 5) is 106. The SMILES string of the molecule is CC[C@H](C)[C@@H](NC(=O)[C@@H](CCCN=C(N)N)NC(=O)[C@@H](Cc1c[nH]c2ccccc12)NC(=O)[C@@H](CC(C)C)NC(C)=O)C(=O)N[C@H](CC(C)C)C(=O)N[C@H](Cc1c[nH]c2ccccc12)C(N)=O. The molecule has 7 atom stereocenters. The number of nitrogens with two attached hydrogens (primary N) is 3. The average molecular weight is 927 g/mol. The minimum Gasteiger partial charge on any atom is -0.370 e. The van der Waals surface area contributed by atoms with E-state index in [4.69, 9.17) is 17.2 Å². The number of primary amides is 1. The van der Waals surface area contributed by atoms with E-state index in [0.717, 1.165) is 32.9 Å². The molecule has 0 unspecified atom stereocenters. The number of para-hydroxylation sites is 2. The number of hydrogen-bond acceptors (Lipinski definition) is 8. The number of guanidine groups is 1. The number of nitrogens with one attached hydrogen (secondary N) is 8. The van der Waals surface area contributed by atoms with Gasteiger partial charge in [-0.3, -0.25) is 38.6 Å². The van der Waals surface area contributed by atoms with Crippen molar-refractivity contribution in [2.24, 2.45) is 39.9 Å². The summed E-state index contributed by atoms with van der Waals surface area (Å²) in [5, 5.41) is 18.4. The molecule has 2 aromatic heterocycles. The van der Waals surface area contributed by atoms with Gasteiger partial charge in [0.25, 0.3) is 0 Å². The molecular formula is C48H70N12O7. The number of hydrogen-bond donors (Lipinski definition) is 11. The number of nitrogens with zero attached hydrogens (tertiary/aromatic N) is 1. The van der Waals surface area contributed by atoms with Gasteiger partial charge >= 0.3 is 0 Å². The summed E-state index contributed by atoms with van der Waals surface area (Å²) >= 11 is 0. The molecule has 364 valence electrons. The first kappa shape index (κ1) is 52.7. The Labute approximate surface area is 391 Å². The topological polar surface area (TPSA) is 314 Å². The Hall–Kier alpha value is -6.92. The van der Waals surface area contributed by atoms with Crippen LogP contribution in [0.25, 0.3) is 21.8 Å². The molecule has 0 radical (unpaired) electrons. The second kappa shape index (κ2) is 25.1. The predicted molar refractivity (Wildman–Crippen MR) is 259 cm³/mol. The van der Waals surface area contributed by atoms with Crippen LogP contribution in [0.1, 0.15) is 91.7 Å². The molecule has 0 fully saturated rings. The molecule has 0 spiro atoms. The summed E-state index contributed by atoms with van der Waals surface area (Å²) in [5.41, 5.74) is 20.1. The van der Waals surface area contributed by atoms with E-state index in [9.17, 15) is 33.6 Å². The van der Waals surface area contributed by atoms with Gasteiger partial charge in [-0.25, -0.2) is 0 Å². The van der Waals surface area contributed by atoms with Crippen LogP contribution in [-0.4, -0.2) is 100 Å². The van der Waals surface area contributed by atoms with Crippen molar-refractivity contribution < 1.29 is 33.6 Å². The Morgan fingerprint density at radius 2 is 1.03 bits per heavy atom. The van der Waals surface area contributed by atoms with Crippen LogP contribution in [0.3, 0.4) is 0 Å². The van der Waals surface area contributed by atoms with Gasteiger partial charge in [-0.1, -0.05) is 84.4 Å². The third-order valence-corrected chi connectivity index (χ3v) is 11.6. The maximum absolute atomic E-state index is 14.5. The van der Waals surface area contributed by atoms with Crippen molar-refractivity contribution in [3.63, 3.8) is 0 Å². The number of aromatic amines is 2. The van der Waals surface area contributed by atoms with Gasteiger partial charge in [-0.05, 0) is 66.7 Å². The fourth-order valence-corrected chi connectivity index (χ4v) is 7.93. The summed E-state index contributed by atoms with van der Waals surface area (Å²) < 4.78 is 0. The van der Waals surface area contributed by atoms with E-state index in [2.05, 4.69) is 46.9 Å². The fourth-order valence-electron chi connectivity index (χ4n) is 7.93. The second-order valence-electron chi connectivity index (χ2n) is 18.1. The molecule has 19 nitrogen and oxygen atoms in total. The first-order valence-corrected chi connectivity index (χ1v) is 23.0. The fraction of sp³-hybridized carbons (Fsp3) is 0.500. The summed E-state index contributed by atoms with van der Waals surface area (Å²) in [6, 6.07) is 8.23. The van der Waals surface area contributed by atoms with Crippen LogP contribution in [-0.2, 0) is 46.4 Å². The van der Waals surface area contributed by atoms with Crippen LogP contribution in [0.4, 0.5) is 0 Å². The highest BCUT2D eigenvalue weighted by Crippen LogP contribution is 2.21. The van der Waals surface area contributed by atoms with Crippen LogP contribution >= 0.6 is 0 Å². The number of fused-ring (bicyclic) bond motifs is 2. The third-order valence-electron chi connectivity index (χ3n) is 11.6. The van der Waals surface area contributed by atoms with E-state index >= 15 is 0 Å². The normalized spacial score (nSPS) is 14.5. The van der Waals surface area contributed by atoms with Crippen molar-refractivity contribution in [1.29, 1.82) is 0 Å². The van der Waals surface area contributed by atoms with Crippen molar-refractivity contribution in [3.8, 4) is 0 Å². The van der Waals surface area contributed by atoms with E-state index < -0.39 is 83.5 Å². The number of rotatable bonds is 26. The van der Waals surface area contributed by atoms with Crippen LogP contribution < -0.4 is 49.1 Å². The molecule has 0 saturated heterocycles. The minimum absolute atomic E-state index is 0.0218. The van der Waals surface area contributed by atoms with Gasteiger partial charge in [0.15, 0.2) is 5.96 Å². The molecule has 2 heterocycles. The zero-order valence-corrected chi connectivity index (χ0v) is 39.7. The zero-order valence-electron chi connectivity index (χ0n) is 39.7. The van der Waals surface area contributed by atoms with Crippen LogP contribution in [0.15, 0.2) is 65.9 Å². The van der Waals surface area contributed by atoms with E-state index in [0.29, 0.717) is 12.8 Å². The lowest BCUT2D eigenvalue weighted by atomic mass is 9.95. The van der Waals surface area contributed by atoms with E-state index in [-0.39, 0.29) is 56.4 Å². The molecular weight excluding hydrogens is 857 g/mol. The number of carbonyl (C=O) groups is 7. The minimum atomic E-state index is -1.25. The van der Waals surface area contributed by atoms with Gasteiger partial charge in [0, 0.05) is 60.5 Å². The van der Waals surface area contributed by atoms with Crippen molar-refractivity contribution in [3.05, 3.63) is 72.1 Å². The molecule has 4 aromatic rings. The van der Waals surface area contributed by atoms with E-state index in [1.165, 1.54) is 6.92 Å². The summed E-state index contributed by atoms with van der Waals surface area (Å²) in [6.45, 7) is 12.6. The Kier molecular flexibility index (Phi) is 19.8. The molecule has 7 amide bonds. The van der Waals surface area contributed by atoms with E-state index in [1.807, 2.05) is 83.1 Å².